The Morgan fingerprint density at radius 3 is 2.62 bits per heavy atom. The fraction of sp³-hybridized carbons (Fsp3) is 0.737. The molecule has 0 unspecified atom stereocenters. The lowest BCUT2D eigenvalue weighted by Gasteiger charge is -2.34. The highest BCUT2D eigenvalue weighted by molar-refractivity contribution is 5.40. The molecule has 1 N–H and O–H groups in total. The second-order valence-corrected chi connectivity index (χ2v) is 7.34. The third-order valence-corrected chi connectivity index (χ3v) is 4.97. The molecular weight excluding hydrogens is 302 g/mol. The maximum absolute atomic E-state index is 9.50. The number of ether oxygens (including phenoxy) is 1. The van der Waals surface area contributed by atoms with Gasteiger partial charge in [-0.15, -0.1) is 0 Å². The molecule has 5 heteroatoms. The zero-order valence-corrected chi connectivity index (χ0v) is 15.9. The standard InChI is InChI=1S/C19H33N3O2/c1-14-10-20-18(16(3)19(14)24-5)13-21(4)12-17-6-8-22(9-7-17)11-15(2)23/h10,15,17,23H,6-9,11-13H2,1-5H3/t15-/m1/s1. The number of methoxy groups -OCH3 is 1. The molecular formula is C19H33N3O2. The van der Waals surface area contributed by atoms with Crippen LogP contribution in [0.3, 0.4) is 0 Å². The van der Waals surface area contributed by atoms with E-state index in [0.29, 0.717) is 0 Å². The largest absolute Gasteiger partial charge is 0.496 e. The summed E-state index contributed by atoms with van der Waals surface area (Å²) in [4.78, 5) is 9.35. The predicted octanol–water partition coefficient (Wildman–Crippen LogP) is 2.23. The summed E-state index contributed by atoms with van der Waals surface area (Å²) in [6, 6.07) is 0. The number of nitrogens with zero attached hydrogens (tertiary/aromatic N) is 3. The van der Waals surface area contributed by atoms with E-state index in [9.17, 15) is 5.11 Å². The van der Waals surface area contributed by atoms with E-state index in [0.717, 1.165) is 61.2 Å². The highest BCUT2D eigenvalue weighted by Gasteiger charge is 2.21. The van der Waals surface area contributed by atoms with Crippen molar-refractivity contribution in [2.45, 2.75) is 46.3 Å². The molecule has 0 spiro atoms. The van der Waals surface area contributed by atoms with Crippen LogP contribution in [0.25, 0.3) is 0 Å². The first-order valence-corrected chi connectivity index (χ1v) is 8.98. The Morgan fingerprint density at radius 2 is 2.04 bits per heavy atom. The van der Waals surface area contributed by atoms with Gasteiger partial charge >= 0.3 is 0 Å². The lowest BCUT2D eigenvalue weighted by Crippen LogP contribution is -2.40. The minimum absolute atomic E-state index is 0.227. The molecule has 1 atom stereocenters. The average molecular weight is 335 g/mol. The minimum Gasteiger partial charge on any atom is -0.496 e. The van der Waals surface area contributed by atoms with Crippen LogP contribution < -0.4 is 4.74 Å². The maximum atomic E-state index is 9.50. The lowest BCUT2D eigenvalue weighted by atomic mass is 9.96. The first kappa shape index (κ1) is 19.2. The molecule has 0 bridgehead atoms. The van der Waals surface area contributed by atoms with E-state index >= 15 is 0 Å². The van der Waals surface area contributed by atoms with Crippen LogP contribution in [0.15, 0.2) is 6.20 Å². The van der Waals surface area contributed by atoms with E-state index in [1.54, 1.807) is 7.11 Å². The molecule has 1 aliphatic heterocycles. The van der Waals surface area contributed by atoms with Gasteiger partial charge in [0.25, 0.3) is 0 Å². The first-order chi connectivity index (χ1) is 11.4. The van der Waals surface area contributed by atoms with Crippen molar-refractivity contribution in [1.82, 2.24) is 14.8 Å². The number of aryl methyl sites for hydroxylation is 1. The van der Waals surface area contributed by atoms with Crippen LogP contribution in [0.2, 0.25) is 0 Å². The summed E-state index contributed by atoms with van der Waals surface area (Å²) in [5.74, 6) is 1.69. The third-order valence-electron chi connectivity index (χ3n) is 4.97. The zero-order chi connectivity index (χ0) is 17.7. The molecule has 0 radical (unpaired) electrons. The molecule has 0 saturated carbocycles. The first-order valence-electron chi connectivity index (χ1n) is 8.98. The Bertz CT molecular complexity index is 526. The summed E-state index contributed by atoms with van der Waals surface area (Å²) < 4.78 is 5.51. The van der Waals surface area contributed by atoms with Crippen LogP contribution in [0.1, 0.15) is 36.6 Å². The molecule has 1 saturated heterocycles. The number of β-amino-alcohol motifs (C(OH)–C–C–N with tert-alkyl or cyclic N) is 1. The summed E-state index contributed by atoms with van der Waals surface area (Å²) in [5.41, 5.74) is 3.34. The van der Waals surface area contributed by atoms with Gasteiger partial charge in [-0.2, -0.15) is 0 Å². The van der Waals surface area contributed by atoms with Crippen molar-refractivity contribution in [3.63, 3.8) is 0 Å². The zero-order valence-electron chi connectivity index (χ0n) is 15.9. The van der Waals surface area contributed by atoms with E-state index < -0.39 is 0 Å². The third kappa shape index (κ3) is 5.16. The Kier molecular flexibility index (Phi) is 7.02. The van der Waals surface area contributed by atoms with Gasteiger partial charge in [0.15, 0.2) is 0 Å². The van der Waals surface area contributed by atoms with Gasteiger partial charge in [0.1, 0.15) is 5.75 Å². The van der Waals surface area contributed by atoms with Crippen LogP contribution >= 0.6 is 0 Å². The molecule has 0 aliphatic carbocycles. The fourth-order valence-electron chi connectivity index (χ4n) is 3.72. The number of aliphatic hydroxyl groups is 1. The molecule has 1 fully saturated rings. The molecule has 2 heterocycles. The lowest BCUT2D eigenvalue weighted by molar-refractivity contribution is 0.0918. The molecule has 0 amide bonds. The van der Waals surface area contributed by atoms with E-state index in [-0.39, 0.29) is 6.10 Å². The Morgan fingerprint density at radius 1 is 1.38 bits per heavy atom. The van der Waals surface area contributed by atoms with E-state index in [1.165, 1.54) is 12.8 Å². The summed E-state index contributed by atoms with van der Waals surface area (Å²) in [7, 11) is 3.90. The quantitative estimate of drug-likeness (QED) is 0.828. The normalized spacial score (nSPS) is 18.1. The van der Waals surface area contributed by atoms with Gasteiger partial charge in [0.2, 0.25) is 0 Å². The van der Waals surface area contributed by atoms with Gasteiger partial charge in [0.05, 0.1) is 18.9 Å². The number of hydrogen-bond acceptors (Lipinski definition) is 5. The maximum Gasteiger partial charge on any atom is 0.128 e. The van der Waals surface area contributed by atoms with Crippen LogP contribution in [-0.2, 0) is 6.54 Å². The Balaban J connectivity index is 1.85. The molecule has 1 aliphatic rings. The number of piperidine rings is 1. The molecule has 1 aromatic rings. The van der Waals surface area contributed by atoms with E-state index in [2.05, 4.69) is 28.8 Å². The van der Waals surface area contributed by atoms with Crippen LogP contribution in [0.5, 0.6) is 5.75 Å². The molecule has 1 aromatic heterocycles. The van der Waals surface area contributed by atoms with Crippen molar-refractivity contribution in [2.24, 2.45) is 5.92 Å². The van der Waals surface area contributed by atoms with Gasteiger partial charge in [-0.3, -0.25) is 4.98 Å². The summed E-state index contributed by atoms with van der Waals surface area (Å²) in [6.07, 6.45) is 4.10. The van der Waals surface area contributed by atoms with Gasteiger partial charge in [-0.1, -0.05) is 0 Å². The monoisotopic (exact) mass is 335 g/mol. The van der Waals surface area contributed by atoms with Gasteiger partial charge in [-0.25, -0.2) is 0 Å². The van der Waals surface area contributed by atoms with Gasteiger partial charge in [0, 0.05) is 37.0 Å². The number of aromatic nitrogens is 1. The van der Waals surface area contributed by atoms with Crippen molar-refractivity contribution in [3.8, 4) is 5.75 Å². The van der Waals surface area contributed by atoms with Crippen molar-refractivity contribution in [1.29, 1.82) is 0 Å². The number of pyridine rings is 1. The van der Waals surface area contributed by atoms with Gasteiger partial charge < -0.3 is 19.6 Å². The van der Waals surface area contributed by atoms with Crippen LogP contribution in [0.4, 0.5) is 0 Å². The number of aliphatic hydroxyl groups excluding tert-OH is 1. The summed E-state index contributed by atoms with van der Waals surface area (Å²) >= 11 is 0. The summed E-state index contributed by atoms with van der Waals surface area (Å²) in [5, 5.41) is 9.50. The Labute approximate surface area is 146 Å². The highest BCUT2D eigenvalue weighted by Crippen LogP contribution is 2.25. The minimum atomic E-state index is -0.227. The molecule has 0 aromatic carbocycles. The molecule has 5 nitrogen and oxygen atoms in total. The van der Waals surface area contributed by atoms with Crippen molar-refractivity contribution < 1.29 is 9.84 Å². The average Bonchev–Trinajstić information content (AvgIpc) is 2.52. The van der Waals surface area contributed by atoms with Crippen LogP contribution in [-0.4, -0.2) is 66.3 Å². The molecule has 2 rings (SSSR count). The van der Waals surface area contributed by atoms with Crippen molar-refractivity contribution in [2.75, 3.05) is 40.3 Å². The second kappa shape index (κ2) is 8.79. The second-order valence-electron chi connectivity index (χ2n) is 7.34. The summed E-state index contributed by atoms with van der Waals surface area (Å²) in [6.45, 7) is 10.9. The predicted molar refractivity (Wildman–Crippen MR) is 97.4 cm³/mol. The topological polar surface area (TPSA) is 48.8 Å². The number of rotatable bonds is 7. The van der Waals surface area contributed by atoms with E-state index in [4.69, 9.17) is 4.74 Å². The SMILES string of the molecule is COc1c(C)cnc(CN(C)CC2CCN(C[C@@H](C)O)CC2)c1C. The number of likely N-dealkylation sites (tertiary alicyclic amines) is 1. The smallest absolute Gasteiger partial charge is 0.128 e. The molecule has 24 heavy (non-hydrogen) atoms. The van der Waals surface area contributed by atoms with Gasteiger partial charge in [-0.05, 0) is 59.7 Å². The Hall–Kier alpha value is -1.17. The fourth-order valence-corrected chi connectivity index (χ4v) is 3.72. The molecule has 136 valence electrons. The van der Waals surface area contributed by atoms with Crippen molar-refractivity contribution in [3.05, 3.63) is 23.0 Å². The van der Waals surface area contributed by atoms with E-state index in [1.807, 2.05) is 20.0 Å². The number of hydrogen-bond donors (Lipinski definition) is 1. The van der Waals surface area contributed by atoms with Crippen molar-refractivity contribution >= 4 is 0 Å². The highest BCUT2D eigenvalue weighted by atomic mass is 16.5. The van der Waals surface area contributed by atoms with Crippen LogP contribution in [0, 0.1) is 19.8 Å².